The molecule has 1 heterocycles. The number of amides is 1. The lowest BCUT2D eigenvalue weighted by Crippen LogP contribution is -2.51. The normalized spacial score (nSPS) is 20.0. The van der Waals surface area contributed by atoms with Crippen molar-refractivity contribution >= 4 is 15.9 Å². The van der Waals surface area contributed by atoms with E-state index < -0.39 is 22.0 Å². The Morgan fingerprint density at radius 3 is 2.57 bits per heavy atom. The van der Waals surface area contributed by atoms with Gasteiger partial charge in [-0.2, -0.15) is 4.31 Å². The van der Waals surface area contributed by atoms with Gasteiger partial charge in [0, 0.05) is 6.54 Å². The van der Waals surface area contributed by atoms with Crippen LogP contribution in [0.2, 0.25) is 0 Å². The molecule has 1 fully saturated rings. The number of carbonyl (C=O) groups is 1. The molecule has 1 amide bonds. The zero-order chi connectivity index (χ0) is 15.5. The summed E-state index contributed by atoms with van der Waals surface area (Å²) in [5.41, 5.74) is 1.54. The van der Waals surface area contributed by atoms with Crippen LogP contribution in [0.5, 0.6) is 5.75 Å². The van der Waals surface area contributed by atoms with Gasteiger partial charge in [0.25, 0.3) is 5.91 Å². The number of methoxy groups -OCH3 is 1. The van der Waals surface area contributed by atoms with Gasteiger partial charge in [0.1, 0.15) is 11.8 Å². The molecule has 0 unspecified atom stereocenters. The fourth-order valence-corrected chi connectivity index (χ4v) is 4.07. The molecule has 1 aromatic carbocycles. The first-order chi connectivity index (χ1) is 10.0. The van der Waals surface area contributed by atoms with Crippen LogP contribution in [0.3, 0.4) is 0 Å². The molecule has 0 radical (unpaired) electrons. The molecule has 2 rings (SSSR count). The van der Waals surface area contributed by atoms with E-state index in [1.165, 1.54) is 19.2 Å². The molecule has 0 aliphatic carbocycles. The van der Waals surface area contributed by atoms with E-state index in [4.69, 9.17) is 9.94 Å². The van der Waals surface area contributed by atoms with Gasteiger partial charge in [0.2, 0.25) is 10.0 Å². The molecule has 0 bridgehead atoms. The Bertz CT molecular complexity index is 599. The molecule has 1 aromatic rings. The number of benzene rings is 1. The number of hydroxylamine groups is 1. The van der Waals surface area contributed by atoms with Crippen LogP contribution in [0.1, 0.15) is 19.3 Å². The van der Waals surface area contributed by atoms with Crippen LogP contribution in [-0.4, -0.2) is 43.5 Å². The molecule has 1 atom stereocenters. The van der Waals surface area contributed by atoms with Gasteiger partial charge in [-0.05, 0) is 37.1 Å². The van der Waals surface area contributed by atoms with E-state index in [1.54, 1.807) is 17.6 Å². The summed E-state index contributed by atoms with van der Waals surface area (Å²) < 4.78 is 31.4. The lowest BCUT2D eigenvalue weighted by atomic mass is 10.0. The molecule has 116 valence electrons. The van der Waals surface area contributed by atoms with E-state index in [0.29, 0.717) is 18.6 Å². The highest BCUT2D eigenvalue weighted by atomic mass is 32.2. The number of sulfonamides is 1. The Balaban J connectivity index is 2.33. The number of hydrogen-bond donors (Lipinski definition) is 2. The van der Waals surface area contributed by atoms with Crippen LogP contribution in [0.4, 0.5) is 0 Å². The summed E-state index contributed by atoms with van der Waals surface area (Å²) >= 11 is 0. The van der Waals surface area contributed by atoms with E-state index in [0.717, 1.165) is 10.7 Å². The number of rotatable bonds is 4. The summed E-state index contributed by atoms with van der Waals surface area (Å²) in [5.74, 6) is -0.149. The zero-order valence-corrected chi connectivity index (χ0v) is 12.5. The molecule has 8 heteroatoms. The van der Waals surface area contributed by atoms with Gasteiger partial charge in [-0.25, -0.2) is 13.9 Å². The van der Waals surface area contributed by atoms with Crippen molar-refractivity contribution in [1.82, 2.24) is 9.79 Å². The van der Waals surface area contributed by atoms with Crippen molar-refractivity contribution in [3.05, 3.63) is 24.3 Å². The molecule has 7 nitrogen and oxygen atoms in total. The van der Waals surface area contributed by atoms with Gasteiger partial charge < -0.3 is 4.74 Å². The quantitative estimate of drug-likeness (QED) is 0.631. The number of hydrogen-bond acceptors (Lipinski definition) is 5. The third-order valence-electron chi connectivity index (χ3n) is 3.53. The molecule has 0 spiro atoms. The van der Waals surface area contributed by atoms with E-state index >= 15 is 0 Å². The lowest BCUT2D eigenvalue weighted by Gasteiger charge is -2.33. The molecular weight excluding hydrogens is 296 g/mol. The van der Waals surface area contributed by atoms with Crippen molar-refractivity contribution in [3.63, 3.8) is 0 Å². The van der Waals surface area contributed by atoms with Gasteiger partial charge in [0.05, 0.1) is 12.0 Å². The van der Waals surface area contributed by atoms with Crippen LogP contribution in [0.25, 0.3) is 0 Å². The van der Waals surface area contributed by atoms with Crippen molar-refractivity contribution in [2.24, 2.45) is 0 Å². The largest absolute Gasteiger partial charge is 0.497 e. The number of carbonyl (C=O) groups excluding carboxylic acids is 1. The first-order valence-electron chi connectivity index (χ1n) is 6.60. The van der Waals surface area contributed by atoms with Crippen LogP contribution in [-0.2, 0) is 14.8 Å². The summed E-state index contributed by atoms with van der Waals surface area (Å²) in [6, 6.07) is 5.11. The fraction of sp³-hybridized carbons (Fsp3) is 0.462. The Kier molecular flexibility index (Phi) is 4.81. The van der Waals surface area contributed by atoms with Crippen molar-refractivity contribution in [1.29, 1.82) is 0 Å². The highest BCUT2D eigenvalue weighted by Crippen LogP contribution is 2.26. The van der Waals surface area contributed by atoms with Gasteiger partial charge in [-0.15, -0.1) is 0 Å². The van der Waals surface area contributed by atoms with Gasteiger partial charge in [-0.1, -0.05) is 6.42 Å². The first kappa shape index (κ1) is 15.7. The monoisotopic (exact) mass is 314 g/mol. The summed E-state index contributed by atoms with van der Waals surface area (Å²) in [7, 11) is -2.29. The van der Waals surface area contributed by atoms with Crippen LogP contribution in [0.15, 0.2) is 29.2 Å². The summed E-state index contributed by atoms with van der Waals surface area (Å²) in [5, 5.41) is 8.77. The molecule has 2 N–H and O–H groups in total. The second kappa shape index (κ2) is 6.42. The van der Waals surface area contributed by atoms with Crippen LogP contribution in [0, 0.1) is 0 Å². The van der Waals surface area contributed by atoms with E-state index in [1.807, 2.05) is 0 Å². The molecular formula is C13H18N2O5S. The Morgan fingerprint density at radius 2 is 2.00 bits per heavy atom. The average Bonchev–Trinajstić information content (AvgIpc) is 2.54. The van der Waals surface area contributed by atoms with Crippen LogP contribution >= 0.6 is 0 Å². The predicted octanol–water partition coefficient (Wildman–Crippen LogP) is 0.744. The molecule has 1 aliphatic rings. The minimum atomic E-state index is -3.79. The van der Waals surface area contributed by atoms with Crippen molar-refractivity contribution in [2.75, 3.05) is 13.7 Å². The third kappa shape index (κ3) is 3.17. The number of nitrogens with one attached hydrogen (secondary N) is 1. The standard InChI is InChI=1S/C13H18N2O5S/c1-20-10-5-7-11(8-6-10)21(18,19)15-9-3-2-4-12(15)13(16)14-17/h5-8,12,17H,2-4,9H2,1H3,(H,14,16)/t12-/m0/s1. The highest BCUT2D eigenvalue weighted by molar-refractivity contribution is 7.89. The zero-order valence-electron chi connectivity index (χ0n) is 11.7. The number of nitrogens with zero attached hydrogens (tertiary/aromatic N) is 1. The molecule has 1 saturated heterocycles. The minimum Gasteiger partial charge on any atom is -0.497 e. The van der Waals surface area contributed by atoms with Gasteiger partial charge >= 0.3 is 0 Å². The Morgan fingerprint density at radius 1 is 1.33 bits per heavy atom. The van der Waals surface area contributed by atoms with Crippen molar-refractivity contribution in [3.8, 4) is 5.75 Å². The molecule has 0 saturated carbocycles. The summed E-state index contributed by atoms with van der Waals surface area (Å²) in [6.45, 7) is 0.256. The van der Waals surface area contributed by atoms with E-state index in [9.17, 15) is 13.2 Å². The average molecular weight is 314 g/mol. The van der Waals surface area contributed by atoms with Gasteiger partial charge in [0.15, 0.2) is 0 Å². The first-order valence-corrected chi connectivity index (χ1v) is 8.04. The SMILES string of the molecule is COc1ccc(S(=O)(=O)N2CCCC[C@H]2C(=O)NO)cc1. The summed E-state index contributed by atoms with van der Waals surface area (Å²) in [4.78, 5) is 11.8. The van der Waals surface area contributed by atoms with Gasteiger partial charge in [-0.3, -0.25) is 10.0 Å². The maximum atomic E-state index is 12.6. The lowest BCUT2D eigenvalue weighted by molar-refractivity contribution is -0.134. The molecule has 21 heavy (non-hydrogen) atoms. The number of piperidine rings is 1. The smallest absolute Gasteiger partial charge is 0.261 e. The minimum absolute atomic E-state index is 0.0981. The topological polar surface area (TPSA) is 95.9 Å². The predicted molar refractivity (Wildman–Crippen MR) is 74.5 cm³/mol. The summed E-state index contributed by atoms with van der Waals surface area (Å²) in [6.07, 6.45) is 1.82. The molecule has 0 aromatic heterocycles. The second-order valence-electron chi connectivity index (χ2n) is 4.78. The fourth-order valence-electron chi connectivity index (χ4n) is 2.41. The Labute approximate surface area is 123 Å². The second-order valence-corrected chi connectivity index (χ2v) is 6.67. The number of ether oxygens (including phenoxy) is 1. The third-order valence-corrected chi connectivity index (χ3v) is 5.45. The van der Waals surface area contributed by atoms with Crippen LogP contribution < -0.4 is 10.2 Å². The van der Waals surface area contributed by atoms with E-state index in [-0.39, 0.29) is 11.4 Å². The Hall–Kier alpha value is -1.64. The molecule has 1 aliphatic heterocycles. The maximum absolute atomic E-state index is 12.6. The van der Waals surface area contributed by atoms with E-state index in [2.05, 4.69) is 0 Å². The van der Waals surface area contributed by atoms with Crippen molar-refractivity contribution < 1.29 is 23.2 Å². The highest BCUT2D eigenvalue weighted by Gasteiger charge is 2.37. The maximum Gasteiger partial charge on any atom is 0.261 e. The van der Waals surface area contributed by atoms with Crippen molar-refractivity contribution in [2.45, 2.75) is 30.2 Å².